The van der Waals surface area contributed by atoms with Crippen LogP contribution in [0.2, 0.25) is 0 Å². The monoisotopic (exact) mass is 372 g/mol. The predicted octanol–water partition coefficient (Wildman–Crippen LogP) is 1.35. The fraction of sp³-hybridized carbons (Fsp3) is 0.650. The van der Waals surface area contributed by atoms with Crippen molar-refractivity contribution in [2.45, 2.75) is 51.0 Å². The number of carbonyl (C=O) groups is 2. The van der Waals surface area contributed by atoms with Gasteiger partial charge in [0.25, 0.3) is 0 Å². The molecule has 0 aromatic carbocycles. The third kappa shape index (κ3) is 2.63. The Hall–Kier alpha value is -2.15. The second-order valence-corrected chi connectivity index (χ2v) is 7.99. The van der Waals surface area contributed by atoms with E-state index in [0.29, 0.717) is 13.1 Å². The predicted molar refractivity (Wildman–Crippen MR) is 99.5 cm³/mol. The second-order valence-electron chi connectivity index (χ2n) is 7.99. The molecule has 0 aliphatic carbocycles. The summed E-state index contributed by atoms with van der Waals surface area (Å²) in [4.78, 5) is 34.5. The molecule has 7 nitrogen and oxygen atoms in total. The normalized spacial score (nSPS) is 31.2. The summed E-state index contributed by atoms with van der Waals surface area (Å²) in [5.41, 5.74) is -0.630. The van der Waals surface area contributed by atoms with E-state index in [4.69, 9.17) is 4.74 Å². The minimum Gasteiger partial charge on any atom is -0.360 e. The lowest BCUT2D eigenvalue weighted by Crippen LogP contribution is -2.45. The molecule has 4 atom stereocenters. The number of rotatable bonds is 6. The third-order valence-corrected chi connectivity index (χ3v) is 6.47. The molecular formula is C20H28N4O3. The van der Waals surface area contributed by atoms with Crippen LogP contribution in [0.4, 0.5) is 0 Å². The summed E-state index contributed by atoms with van der Waals surface area (Å²) in [5, 5.41) is 0. The number of imidazole rings is 1. The molecule has 7 heteroatoms. The summed E-state index contributed by atoms with van der Waals surface area (Å²) >= 11 is 0. The van der Waals surface area contributed by atoms with Crippen molar-refractivity contribution in [2.75, 3.05) is 13.6 Å². The quantitative estimate of drug-likeness (QED) is 0.707. The molecule has 1 aromatic rings. The van der Waals surface area contributed by atoms with Gasteiger partial charge in [0, 0.05) is 32.5 Å². The van der Waals surface area contributed by atoms with Gasteiger partial charge in [0.05, 0.1) is 31.0 Å². The van der Waals surface area contributed by atoms with Gasteiger partial charge in [-0.3, -0.25) is 9.59 Å². The Morgan fingerprint density at radius 2 is 2.19 bits per heavy atom. The molecule has 4 heterocycles. The van der Waals surface area contributed by atoms with Crippen molar-refractivity contribution in [2.24, 2.45) is 18.9 Å². The zero-order valence-electron chi connectivity index (χ0n) is 16.5. The van der Waals surface area contributed by atoms with Crippen LogP contribution in [-0.2, 0) is 27.9 Å². The summed E-state index contributed by atoms with van der Waals surface area (Å²) in [7, 11) is 3.69. The van der Waals surface area contributed by atoms with Crippen molar-refractivity contribution >= 4 is 11.8 Å². The molecule has 27 heavy (non-hydrogen) atoms. The van der Waals surface area contributed by atoms with Crippen LogP contribution in [0.1, 0.15) is 32.5 Å². The van der Waals surface area contributed by atoms with E-state index < -0.39 is 17.4 Å². The van der Waals surface area contributed by atoms with Gasteiger partial charge < -0.3 is 19.1 Å². The Bertz CT molecular complexity index is 784. The summed E-state index contributed by atoms with van der Waals surface area (Å²) in [5.74, 6) is -0.0219. The van der Waals surface area contributed by atoms with E-state index in [1.807, 2.05) is 34.9 Å². The molecule has 2 fully saturated rings. The molecule has 0 saturated carbocycles. The number of aryl methyl sites for hydroxylation is 1. The highest BCUT2D eigenvalue weighted by Crippen LogP contribution is 2.52. The Morgan fingerprint density at radius 1 is 1.44 bits per heavy atom. The molecule has 2 bridgehead atoms. The van der Waals surface area contributed by atoms with Crippen LogP contribution in [0.5, 0.6) is 0 Å². The fourth-order valence-corrected chi connectivity index (χ4v) is 4.94. The lowest BCUT2D eigenvalue weighted by Gasteiger charge is -2.29. The van der Waals surface area contributed by atoms with Crippen LogP contribution in [0.15, 0.2) is 24.5 Å². The molecule has 0 unspecified atom stereocenters. The molecule has 1 aromatic heterocycles. The van der Waals surface area contributed by atoms with Gasteiger partial charge in [-0.1, -0.05) is 26.0 Å². The van der Waals surface area contributed by atoms with Crippen LogP contribution in [0.25, 0.3) is 0 Å². The maximum absolute atomic E-state index is 13.3. The summed E-state index contributed by atoms with van der Waals surface area (Å²) in [6, 6.07) is 0.203. The van der Waals surface area contributed by atoms with Gasteiger partial charge in [0.2, 0.25) is 11.8 Å². The minimum absolute atomic E-state index is 0.0426. The number of nitrogens with zero attached hydrogens (tertiary/aromatic N) is 4. The number of likely N-dealkylation sites (tertiary alicyclic amines) is 1. The SMILES string of the molecule is CCC(CC)N1C[C@]23C=C[C@H](O2)[C@@H](C(=O)N(C)Cc2nccn2C)[C@@H]3C1=O. The maximum atomic E-state index is 13.3. The minimum atomic E-state index is -0.630. The zero-order chi connectivity index (χ0) is 19.3. The number of fused-ring (bicyclic) bond motifs is 1. The summed E-state index contributed by atoms with van der Waals surface area (Å²) < 4.78 is 8.13. The molecule has 2 amide bonds. The second kappa shape index (κ2) is 6.48. The first-order valence-electron chi connectivity index (χ1n) is 9.80. The van der Waals surface area contributed by atoms with E-state index in [-0.39, 0.29) is 24.0 Å². The van der Waals surface area contributed by atoms with E-state index in [9.17, 15) is 9.59 Å². The molecule has 3 aliphatic heterocycles. The van der Waals surface area contributed by atoms with Gasteiger partial charge in [-0.15, -0.1) is 0 Å². The molecule has 3 aliphatic rings. The third-order valence-electron chi connectivity index (χ3n) is 6.47. The lowest BCUT2D eigenvalue weighted by molar-refractivity contribution is -0.143. The van der Waals surface area contributed by atoms with E-state index in [2.05, 4.69) is 18.8 Å². The summed E-state index contributed by atoms with van der Waals surface area (Å²) in [6.07, 6.45) is 9.09. The van der Waals surface area contributed by atoms with Gasteiger partial charge in [-0.05, 0) is 12.8 Å². The molecule has 0 N–H and O–H groups in total. The number of hydrogen-bond donors (Lipinski definition) is 0. The number of ether oxygens (including phenoxy) is 1. The van der Waals surface area contributed by atoms with E-state index in [0.717, 1.165) is 18.7 Å². The van der Waals surface area contributed by atoms with Crippen molar-refractivity contribution in [1.82, 2.24) is 19.4 Å². The zero-order valence-corrected chi connectivity index (χ0v) is 16.5. The first kappa shape index (κ1) is 18.2. The summed E-state index contributed by atoms with van der Waals surface area (Å²) in [6.45, 7) is 5.18. The standard InChI is InChI=1S/C20H28N4O3/c1-5-13(6-2)24-12-20-8-7-14(27-20)16(17(20)19(24)26)18(25)23(4)11-15-21-9-10-22(15)3/h7-10,13-14,16-17H,5-6,11-12H2,1-4H3/t14-,16+,17+,20-/m0/s1. The Balaban J connectivity index is 1.57. The first-order chi connectivity index (χ1) is 12.9. The molecule has 2 saturated heterocycles. The highest BCUT2D eigenvalue weighted by Gasteiger charge is 2.67. The van der Waals surface area contributed by atoms with Crippen molar-refractivity contribution < 1.29 is 14.3 Å². The topological polar surface area (TPSA) is 67.7 Å². The molecular weight excluding hydrogens is 344 g/mol. The van der Waals surface area contributed by atoms with E-state index in [1.165, 1.54) is 0 Å². The van der Waals surface area contributed by atoms with Crippen LogP contribution < -0.4 is 0 Å². The largest absolute Gasteiger partial charge is 0.360 e. The molecule has 4 rings (SSSR count). The highest BCUT2D eigenvalue weighted by atomic mass is 16.5. The van der Waals surface area contributed by atoms with E-state index in [1.54, 1.807) is 18.1 Å². The van der Waals surface area contributed by atoms with Crippen LogP contribution in [-0.4, -0.2) is 62.5 Å². The Labute approximate surface area is 160 Å². The Kier molecular flexibility index (Phi) is 4.37. The fourth-order valence-electron chi connectivity index (χ4n) is 4.94. The van der Waals surface area contributed by atoms with Crippen molar-refractivity contribution in [3.63, 3.8) is 0 Å². The average Bonchev–Trinajstić information content (AvgIpc) is 3.39. The van der Waals surface area contributed by atoms with Crippen LogP contribution in [0, 0.1) is 11.8 Å². The van der Waals surface area contributed by atoms with Gasteiger partial charge in [0.15, 0.2) is 0 Å². The lowest BCUT2D eigenvalue weighted by atomic mass is 9.76. The molecule has 0 radical (unpaired) electrons. The van der Waals surface area contributed by atoms with Crippen LogP contribution in [0.3, 0.4) is 0 Å². The highest BCUT2D eigenvalue weighted by molar-refractivity contribution is 5.93. The number of carbonyl (C=O) groups excluding carboxylic acids is 2. The van der Waals surface area contributed by atoms with Crippen molar-refractivity contribution in [1.29, 1.82) is 0 Å². The molecule has 146 valence electrons. The van der Waals surface area contributed by atoms with Crippen molar-refractivity contribution in [3.05, 3.63) is 30.4 Å². The maximum Gasteiger partial charge on any atom is 0.230 e. The van der Waals surface area contributed by atoms with Gasteiger partial charge in [0.1, 0.15) is 11.4 Å². The van der Waals surface area contributed by atoms with Gasteiger partial charge in [-0.25, -0.2) is 4.98 Å². The van der Waals surface area contributed by atoms with E-state index >= 15 is 0 Å². The Morgan fingerprint density at radius 3 is 2.81 bits per heavy atom. The smallest absolute Gasteiger partial charge is 0.230 e. The number of aromatic nitrogens is 2. The van der Waals surface area contributed by atoms with Gasteiger partial charge in [-0.2, -0.15) is 0 Å². The number of hydrogen-bond acceptors (Lipinski definition) is 4. The number of amides is 2. The first-order valence-corrected chi connectivity index (χ1v) is 9.80. The average molecular weight is 372 g/mol. The van der Waals surface area contributed by atoms with Gasteiger partial charge >= 0.3 is 0 Å². The molecule has 1 spiro atoms. The van der Waals surface area contributed by atoms with Crippen LogP contribution >= 0.6 is 0 Å². The van der Waals surface area contributed by atoms with Crippen molar-refractivity contribution in [3.8, 4) is 0 Å².